The van der Waals surface area contributed by atoms with E-state index in [0.717, 1.165) is 25.7 Å². The summed E-state index contributed by atoms with van der Waals surface area (Å²) in [7, 11) is 0. The third-order valence-corrected chi connectivity index (χ3v) is 2.94. The Morgan fingerprint density at radius 2 is 1.93 bits per heavy atom. The van der Waals surface area contributed by atoms with Crippen molar-refractivity contribution >= 4 is 6.09 Å². The van der Waals surface area contributed by atoms with Gasteiger partial charge in [0.25, 0.3) is 0 Å². The lowest BCUT2D eigenvalue weighted by atomic mass is 9.95. The van der Waals surface area contributed by atoms with Crippen molar-refractivity contribution in [3.63, 3.8) is 0 Å². The summed E-state index contributed by atoms with van der Waals surface area (Å²) in [6, 6.07) is 0. The Hall–Kier alpha value is -0.770. The Kier molecular flexibility index (Phi) is 4.88. The number of hydrogen-bond acceptors (Lipinski definition) is 3. The average molecular weight is 215 g/mol. The summed E-state index contributed by atoms with van der Waals surface area (Å²) in [5.41, 5.74) is 0. The minimum Gasteiger partial charge on any atom is -0.443 e. The molecule has 1 N–H and O–H groups in total. The molecule has 15 heavy (non-hydrogen) atoms. The van der Waals surface area contributed by atoms with Gasteiger partial charge in [-0.3, -0.25) is 0 Å². The Labute approximate surface area is 91.2 Å². The first-order chi connectivity index (χ1) is 7.19. The van der Waals surface area contributed by atoms with Crippen molar-refractivity contribution in [2.24, 2.45) is 0 Å². The van der Waals surface area contributed by atoms with Gasteiger partial charge in [0.1, 0.15) is 6.10 Å². The predicted molar refractivity (Wildman–Crippen MR) is 57.7 cm³/mol. The molecule has 4 nitrogen and oxygen atoms in total. The molecule has 0 radical (unpaired) electrons. The Balaban J connectivity index is 2.41. The summed E-state index contributed by atoms with van der Waals surface area (Å²) in [5, 5.41) is 9.65. The predicted octanol–water partition coefficient (Wildman–Crippen LogP) is 1.77. The highest BCUT2D eigenvalue weighted by Crippen LogP contribution is 2.21. The maximum Gasteiger partial charge on any atom is 0.410 e. The fourth-order valence-corrected chi connectivity index (χ4v) is 1.90. The molecule has 88 valence electrons. The first-order valence-corrected chi connectivity index (χ1v) is 5.82. The summed E-state index contributed by atoms with van der Waals surface area (Å²) < 4.78 is 5.28. The highest BCUT2D eigenvalue weighted by Gasteiger charge is 2.27. The molecule has 0 aromatic heterocycles. The quantitative estimate of drug-likeness (QED) is 0.780. The maximum atomic E-state index is 11.6. The second-order valence-corrected chi connectivity index (χ2v) is 3.95. The van der Waals surface area contributed by atoms with E-state index in [1.54, 1.807) is 4.90 Å². The molecule has 1 fully saturated rings. The van der Waals surface area contributed by atoms with Gasteiger partial charge in [0.15, 0.2) is 0 Å². The maximum absolute atomic E-state index is 11.6. The van der Waals surface area contributed by atoms with Gasteiger partial charge in [-0.25, -0.2) is 4.79 Å². The molecule has 0 saturated heterocycles. The number of rotatable bonds is 3. The van der Waals surface area contributed by atoms with E-state index in [0.29, 0.717) is 13.1 Å². The van der Waals surface area contributed by atoms with Crippen molar-refractivity contribution in [1.82, 2.24) is 4.90 Å². The SMILES string of the molecule is CCN(CC)C(=O)O[C@H]1CCCC[C@H]1O. The van der Waals surface area contributed by atoms with Gasteiger partial charge in [0, 0.05) is 13.1 Å². The first-order valence-electron chi connectivity index (χ1n) is 5.82. The van der Waals surface area contributed by atoms with Gasteiger partial charge in [0.05, 0.1) is 6.10 Å². The summed E-state index contributed by atoms with van der Waals surface area (Å²) in [5.74, 6) is 0. The zero-order valence-electron chi connectivity index (χ0n) is 9.61. The summed E-state index contributed by atoms with van der Waals surface area (Å²) in [6.07, 6.45) is 2.52. The molecule has 0 spiro atoms. The third kappa shape index (κ3) is 3.38. The van der Waals surface area contributed by atoms with Crippen LogP contribution in [0.5, 0.6) is 0 Å². The van der Waals surface area contributed by atoms with Gasteiger partial charge >= 0.3 is 6.09 Å². The molecule has 0 heterocycles. The third-order valence-electron chi connectivity index (χ3n) is 2.94. The van der Waals surface area contributed by atoms with Gasteiger partial charge in [-0.2, -0.15) is 0 Å². The van der Waals surface area contributed by atoms with Gasteiger partial charge in [-0.1, -0.05) is 6.42 Å². The normalized spacial score (nSPS) is 26.1. The standard InChI is InChI=1S/C11H21NO3/c1-3-12(4-2)11(14)15-10-8-6-5-7-9(10)13/h9-10,13H,3-8H2,1-2H3/t9-,10+/m1/s1. The van der Waals surface area contributed by atoms with Crippen LogP contribution in [0.2, 0.25) is 0 Å². The Morgan fingerprint density at radius 1 is 1.33 bits per heavy atom. The summed E-state index contributed by atoms with van der Waals surface area (Å²) >= 11 is 0. The van der Waals surface area contributed by atoms with Crippen molar-refractivity contribution in [3.05, 3.63) is 0 Å². The summed E-state index contributed by atoms with van der Waals surface area (Å²) in [6.45, 7) is 5.14. The van der Waals surface area contributed by atoms with E-state index in [-0.39, 0.29) is 12.2 Å². The van der Waals surface area contributed by atoms with E-state index in [4.69, 9.17) is 4.74 Å². The molecule has 0 unspecified atom stereocenters. The molecule has 1 aliphatic carbocycles. The fraction of sp³-hybridized carbons (Fsp3) is 0.909. The van der Waals surface area contributed by atoms with Crippen LogP contribution in [0.25, 0.3) is 0 Å². The minimum absolute atomic E-state index is 0.299. The minimum atomic E-state index is -0.474. The lowest BCUT2D eigenvalue weighted by Gasteiger charge is -2.29. The highest BCUT2D eigenvalue weighted by molar-refractivity contribution is 5.67. The van der Waals surface area contributed by atoms with Crippen molar-refractivity contribution in [1.29, 1.82) is 0 Å². The lowest BCUT2D eigenvalue weighted by molar-refractivity contribution is -0.0320. The van der Waals surface area contributed by atoms with Crippen LogP contribution in [-0.4, -0.2) is 41.4 Å². The van der Waals surface area contributed by atoms with E-state index in [1.807, 2.05) is 13.8 Å². The molecule has 1 aliphatic rings. The number of aliphatic hydroxyl groups excluding tert-OH is 1. The molecule has 2 atom stereocenters. The van der Waals surface area contributed by atoms with Crippen molar-refractivity contribution in [3.8, 4) is 0 Å². The van der Waals surface area contributed by atoms with Crippen LogP contribution in [0.1, 0.15) is 39.5 Å². The van der Waals surface area contributed by atoms with Crippen LogP contribution in [0.4, 0.5) is 4.79 Å². The van der Waals surface area contributed by atoms with Gasteiger partial charge in [0.2, 0.25) is 0 Å². The molecule has 1 rings (SSSR count). The molecule has 0 aliphatic heterocycles. The van der Waals surface area contributed by atoms with E-state index < -0.39 is 6.10 Å². The monoisotopic (exact) mass is 215 g/mol. The molecule has 4 heteroatoms. The van der Waals surface area contributed by atoms with Crippen LogP contribution in [-0.2, 0) is 4.74 Å². The highest BCUT2D eigenvalue weighted by atomic mass is 16.6. The summed E-state index contributed by atoms with van der Waals surface area (Å²) in [4.78, 5) is 13.2. The second kappa shape index (κ2) is 5.95. The molecule has 1 saturated carbocycles. The number of amides is 1. The largest absolute Gasteiger partial charge is 0.443 e. The fourth-order valence-electron chi connectivity index (χ4n) is 1.90. The Bertz CT molecular complexity index is 204. The van der Waals surface area contributed by atoms with Crippen LogP contribution in [0, 0.1) is 0 Å². The van der Waals surface area contributed by atoms with Crippen LogP contribution in [0.15, 0.2) is 0 Å². The van der Waals surface area contributed by atoms with E-state index in [1.165, 1.54) is 0 Å². The Morgan fingerprint density at radius 3 is 2.47 bits per heavy atom. The topological polar surface area (TPSA) is 49.8 Å². The van der Waals surface area contributed by atoms with Gasteiger partial charge in [-0.15, -0.1) is 0 Å². The molecule has 0 bridgehead atoms. The van der Waals surface area contributed by atoms with Crippen LogP contribution < -0.4 is 0 Å². The van der Waals surface area contributed by atoms with E-state index >= 15 is 0 Å². The number of hydrogen-bond donors (Lipinski definition) is 1. The molecule has 1 amide bonds. The van der Waals surface area contributed by atoms with Gasteiger partial charge in [-0.05, 0) is 33.1 Å². The number of ether oxygens (including phenoxy) is 1. The van der Waals surface area contributed by atoms with Crippen molar-refractivity contribution < 1.29 is 14.6 Å². The molecule has 0 aromatic carbocycles. The van der Waals surface area contributed by atoms with E-state index in [9.17, 15) is 9.90 Å². The zero-order valence-corrected chi connectivity index (χ0v) is 9.61. The number of nitrogens with zero attached hydrogens (tertiary/aromatic N) is 1. The van der Waals surface area contributed by atoms with E-state index in [2.05, 4.69) is 0 Å². The van der Waals surface area contributed by atoms with Crippen molar-refractivity contribution in [2.45, 2.75) is 51.7 Å². The number of aliphatic hydroxyl groups is 1. The first kappa shape index (κ1) is 12.3. The van der Waals surface area contributed by atoms with Crippen molar-refractivity contribution in [2.75, 3.05) is 13.1 Å². The van der Waals surface area contributed by atoms with Gasteiger partial charge < -0.3 is 14.7 Å². The lowest BCUT2D eigenvalue weighted by Crippen LogP contribution is -2.39. The van der Waals surface area contributed by atoms with Crippen LogP contribution >= 0.6 is 0 Å². The zero-order chi connectivity index (χ0) is 11.3. The second-order valence-electron chi connectivity index (χ2n) is 3.95. The molecular formula is C11H21NO3. The average Bonchev–Trinajstić information content (AvgIpc) is 2.23. The molecule has 0 aromatic rings. The number of carbonyl (C=O) groups excluding carboxylic acids is 1. The van der Waals surface area contributed by atoms with Crippen LogP contribution in [0.3, 0.4) is 0 Å². The molecular weight excluding hydrogens is 194 g/mol. The smallest absolute Gasteiger partial charge is 0.410 e. The number of carbonyl (C=O) groups is 1.